The quantitative estimate of drug-likeness (QED) is 0.839. The molecule has 1 unspecified atom stereocenters. The Morgan fingerprint density at radius 1 is 1.16 bits per heavy atom. The van der Waals surface area contributed by atoms with E-state index in [1.807, 2.05) is 30.3 Å². The van der Waals surface area contributed by atoms with Crippen LogP contribution in [-0.4, -0.2) is 11.1 Å². The van der Waals surface area contributed by atoms with Gasteiger partial charge in [0.05, 0.1) is 16.0 Å². The van der Waals surface area contributed by atoms with E-state index in [2.05, 4.69) is 0 Å². The number of hydrogen-bond acceptors (Lipinski definition) is 1. The van der Waals surface area contributed by atoms with Crippen LogP contribution in [0.4, 0.5) is 0 Å². The van der Waals surface area contributed by atoms with E-state index in [4.69, 9.17) is 28.3 Å². The van der Waals surface area contributed by atoms with Gasteiger partial charge in [-0.15, -0.1) is 11.6 Å². The van der Waals surface area contributed by atoms with Crippen molar-refractivity contribution in [1.29, 1.82) is 0 Å². The van der Waals surface area contributed by atoms with Gasteiger partial charge in [0, 0.05) is 0 Å². The second kappa shape index (κ2) is 6.09. The lowest BCUT2D eigenvalue weighted by atomic mass is 10.0. The summed E-state index contributed by atoms with van der Waals surface area (Å²) < 4.78 is 0. The predicted molar refractivity (Wildman–Crippen MR) is 77.2 cm³/mol. The number of rotatable bonds is 4. The van der Waals surface area contributed by atoms with E-state index in [0.29, 0.717) is 6.42 Å². The highest BCUT2D eigenvalue weighted by Crippen LogP contribution is 2.28. The molecule has 0 radical (unpaired) electrons. The van der Waals surface area contributed by atoms with Crippen LogP contribution in [0.15, 0.2) is 48.5 Å². The van der Waals surface area contributed by atoms with Crippen LogP contribution in [0.5, 0.6) is 0 Å². The van der Waals surface area contributed by atoms with E-state index in [-0.39, 0.29) is 16.0 Å². The van der Waals surface area contributed by atoms with Gasteiger partial charge in [-0.25, -0.2) is 4.79 Å². The molecule has 2 nitrogen and oxygen atoms in total. The fourth-order valence-electron chi connectivity index (χ4n) is 1.84. The van der Waals surface area contributed by atoms with Gasteiger partial charge >= 0.3 is 5.97 Å². The Balaban J connectivity index is 2.22. The van der Waals surface area contributed by atoms with Crippen molar-refractivity contribution in [2.45, 2.75) is 11.8 Å². The Kier molecular flexibility index (Phi) is 4.46. The predicted octanol–water partition coefficient (Wildman–Crippen LogP) is 4.56. The Labute approximate surface area is 121 Å². The van der Waals surface area contributed by atoms with Crippen molar-refractivity contribution in [3.8, 4) is 0 Å². The number of alkyl halides is 1. The zero-order chi connectivity index (χ0) is 13.8. The number of carboxylic acid groups (broad SMARTS) is 1. The summed E-state index contributed by atoms with van der Waals surface area (Å²) in [5.41, 5.74) is 1.94. The molecular weight excluding hydrogens is 283 g/mol. The highest BCUT2D eigenvalue weighted by molar-refractivity contribution is 6.33. The topological polar surface area (TPSA) is 37.3 Å². The third-order valence-electron chi connectivity index (χ3n) is 2.84. The monoisotopic (exact) mass is 294 g/mol. The molecule has 0 bridgehead atoms. The minimum absolute atomic E-state index is 0.0814. The van der Waals surface area contributed by atoms with Crippen LogP contribution in [0.1, 0.15) is 26.9 Å². The third kappa shape index (κ3) is 3.49. The number of aromatic carboxylic acids is 1. The highest BCUT2D eigenvalue weighted by Gasteiger charge is 2.14. The van der Waals surface area contributed by atoms with Gasteiger partial charge in [0.1, 0.15) is 0 Å². The van der Waals surface area contributed by atoms with Crippen LogP contribution in [0.2, 0.25) is 5.02 Å². The smallest absolute Gasteiger partial charge is 0.337 e. The van der Waals surface area contributed by atoms with E-state index in [0.717, 1.165) is 11.1 Å². The Bertz CT molecular complexity index is 582. The molecule has 0 aliphatic carbocycles. The van der Waals surface area contributed by atoms with Gasteiger partial charge in [-0.2, -0.15) is 0 Å². The summed E-state index contributed by atoms with van der Waals surface area (Å²) in [4.78, 5) is 11.0. The molecule has 4 heteroatoms. The zero-order valence-electron chi connectivity index (χ0n) is 10.0. The molecule has 0 aromatic heterocycles. The van der Waals surface area contributed by atoms with E-state index >= 15 is 0 Å². The summed E-state index contributed by atoms with van der Waals surface area (Å²) in [6.45, 7) is 0. The molecule has 0 saturated carbocycles. The van der Waals surface area contributed by atoms with Gasteiger partial charge in [-0.05, 0) is 29.7 Å². The summed E-state index contributed by atoms with van der Waals surface area (Å²) in [5, 5.41) is 8.98. The maximum atomic E-state index is 11.0. The van der Waals surface area contributed by atoms with E-state index in [9.17, 15) is 4.79 Å². The SMILES string of the molecule is O=C(O)c1cc(C(Cl)Cc2ccccc2)ccc1Cl. The first-order valence-electron chi connectivity index (χ1n) is 5.78. The highest BCUT2D eigenvalue weighted by atomic mass is 35.5. The van der Waals surface area contributed by atoms with Gasteiger partial charge in [0.2, 0.25) is 0 Å². The van der Waals surface area contributed by atoms with Crippen LogP contribution in [0.25, 0.3) is 0 Å². The molecule has 0 amide bonds. The number of carboxylic acids is 1. The molecule has 2 aromatic rings. The molecule has 2 rings (SSSR count). The molecule has 98 valence electrons. The zero-order valence-corrected chi connectivity index (χ0v) is 11.5. The lowest BCUT2D eigenvalue weighted by Crippen LogP contribution is -2.01. The maximum absolute atomic E-state index is 11.0. The average molecular weight is 295 g/mol. The summed E-state index contributed by atoms with van der Waals surface area (Å²) in [6.07, 6.45) is 0.642. The minimum atomic E-state index is -1.05. The van der Waals surface area contributed by atoms with Gasteiger partial charge in [0.15, 0.2) is 0 Å². The first kappa shape index (κ1) is 13.9. The summed E-state index contributed by atoms with van der Waals surface area (Å²) >= 11 is 12.2. The number of hydrogen-bond donors (Lipinski definition) is 1. The molecule has 0 spiro atoms. The second-order valence-electron chi connectivity index (χ2n) is 4.20. The van der Waals surface area contributed by atoms with Crippen molar-refractivity contribution in [2.24, 2.45) is 0 Å². The summed E-state index contributed by atoms with van der Waals surface area (Å²) in [5.74, 6) is -1.05. The standard InChI is InChI=1S/C15H12Cl2O2/c16-13-7-6-11(9-12(13)15(18)19)14(17)8-10-4-2-1-3-5-10/h1-7,9,14H,8H2,(H,18,19). The van der Waals surface area contributed by atoms with Gasteiger partial charge < -0.3 is 5.11 Å². The van der Waals surface area contributed by atoms with Gasteiger partial charge in [0.25, 0.3) is 0 Å². The maximum Gasteiger partial charge on any atom is 0.337 e. The largest absolute Gasteiger partial charge is 0.478 e. The summed E-state index contributed by atoms with van der Waals surface area (Å²) in [6, 6.07) is 14.7. The number of carbonyl (C=O) groups is 1. The molecule has 0 heterocycles. The van der Waals surface area contributed by atoms with E-state index in [1.165, 1.54) is 6.07 Å². The molecule has 0 fully saturated rings. The van der Waals surface area contributed by atoms with E-state index < -0.39 is 5.97 Å². The van der Waals surface area contributed by atoms with Crippen molar-refractivity contribution >= 4 is 29.2 Å². The van der Waals surface area contributed by atoms with Crippen molar-refractivity contribution in [1.82, 2.24) is 0 Å². The Morgan fingerprint density at radius 3 is 2.47 bits per heavy atom. The molecule has 19 heavy (non-hydrogen) atoms. The first-order chi connectivity index (χ1) is 9.08. The Morgan fingerprint density at radius 2 is 1.84 bits per heavy atom. The van der Waals surface area contributed by atoms with Gasteiger partial charge in [-0.3, -0.25) is 0 Å². The molecule has 1 N–H and O–H groups in total. The molecule has 0 saturated heterocycles. The van der Waals surface area contributed by atoms with Crippen molar-refractivity contribution < 1.29 is 9.90 Å². The molecule has 0 aliphatic rings. The molecule has 0 aliphatic heterocycles. The van der Waals surface area contributed by atoms with Gasteiger partial charge in [-0.1, -0.05) is 48.0 Å². The van der Waals surface area contributed by atoms with Crippen LogP contribution in [-0.2, 0) is 6.42 Å². The summed E-state index contributed by atoms with van der Waals surface area (Å²) in [7, 11) is 0. The first-order valence-corrected chi connectivity index (χ1v) is 6.60. The van der Waals surface area contributed by atoms with Crippen molar-refractivity contribution in [3.05, 3.63) is 70.2 Å². The molecule has 2 aromatic carbocycles. The van der Waals surface area contributed by atoms with Crippen molar-refractivity contribution in [3.63, 3.8) is 0 Å². The third-order valence-corrected chi connectivity index (χ3v) is 3.58. The van der Waals surface area contributed by atoms with Crippen LogP contribution >= 0.6 is 23.2 Å². The van der Waals surface area contributed by atoms with E-state index in [1.54, 1.807) is 12.1 Å². The van der Waals surface area contributed by atoms with Crippen LogP contribution in [0, 0.1) is 0 Å². The second-order valence-corrected chi connectivity index (χ2v) is 5.14. The normalized spacial score (nSPS) is 12.1. The fourth-order valence-corrected chi connectivity index (χ4v) is 2.35. The van der Waals surface area contributed by atoms with Crippen LogP contribution in [0.3, 0.4) is 0 Å². The minimum Gasteiger partial charge on any atom is -0.478 e. The number of benzene rings is 2. The number of halogens is 2. The molecular formula is C15H12Cl2O2. The lowest BCUT2D eigenvalue weighted by Gasteiger charge is -2.11. The van der Waals surface area contributed by atoms with Crippen LogP contribution < -0.4 is 0 Å². The molecule has 1 atom stereocenters. The average Bonchev–Trinajstić information content (AvgIpc) is 2.40. The Hall–Kier alpha value is -1.51. The van der Waals surface area contributed by atoms with Crippen molar-refractivity contribution in [2.75, 3.05) is 0 Å². The fraction of sp³-hybridized carbons (Fsp3) is 0.133. The lowest BCUT2D eigenvalue weighted by molar-refractivity contribution is 0.0697.